The first-order valence-electron chi connectivity index (χ1n) is 10.6. The molecule has 3 saturated carbocycles. The van der Waals surface area contributed by atoms with Crippen molar-refractivity contribution in [2.24, 2.45) is 28.6 Å². The minimum absolute atomic E-state index is 0.129. The Hall–Kier alpha value is -1.45. The predicted molar refractivity (Wildman–Crippen MR) is 101 cm³/mol. The van der Waals surface area contributed by atoms with Gasteiger partial charge in [-0.05, 0) is 92.1 Å². The summed E-state index contributed by atoms with van der Waals surface area (Å²) >= 11 is 0. The summed E-state index contributed by atoms with van der Waals surface area (Å²) in [6.45, 7) is 6.45. The third kappa shape index (κ3) is 2.74. The molecule has 5 atom stereocenters. The highest BCUT2D eigenvalue weighted by Crippen LogP contribution is 2.66. The molecule has 0 radical (unpaired) electrons. The second-order valence-corrected chi connectivity index (χ2v) is 9.48. The van der Waals surface area contributed by atoms with E-state index in [1.54, 1.807) is 6.92 Å². The van der Waals surface area contributed by atoms with Gasteiger partial charge in [-0.2, -0.15) is 4.39 Å². The molecule has 3 fully saturated rings. The topological polar surface area (TPSA) is 43.4 Å². The van der Waals surface area contributed by atoms with E-state index in [1.165, 1.54) is 5.57 Å². The SMILES string of the molecule is CCOC(=O)C(F)=C1CC[C@H]2[C@@H]3CCC4=CC(=O)CC[C@]4(C)[C@H]3CC[C@]12C. The number of rotatable bonds is 2. The molecule has 148 valence electrons. The molecular weight excluding hydrogens is 343 g/mol. The van der Waals surface area contributed by atoms with Crippen LogP contribution in [0.2, 0.25) is 0 Å². The Balaban J connectivity index is 1.65. The number of hydrogen-bond donors (Lipinski definition) is 0. The average Bonchev–Trinajstić information content (AvgIpc) is 2.99. The number of allylic oxidation sites excluding steroid dienone is 2. The molecule has 0 amide bonds. The first kappa shape index (κ1) is 18.9. The number of ether oxygens (including phenoxy) is 1. The minimum atomic E-state index is -0.789. The van der Waals surface area contributed by atoms with Crippen LogP contribution in [0.4, 0.5) is 4.39 Å². The second-order valence-electron chi connectivity index (χ2n) is 9.48. The van der Waals surface area contributed by atoms with Gasteiger partial charge in [-0.25, -0.2) is 4.79 Å². The summed E-state index contributed by atoms with van der Waals surface area (Å²) in [7, 11) is 0. The molecule has 0 bridgehead atoms. The van der Waals surface area contributed by atoms with Crippen LogP contribution in [0.25, 0.3) is 0 Å². The number of esters is 1. The fourth-order valence-corrected chi connectivity index (χ4v) is 7.05. The summed E-state index contributed by atoms with van der Waals surface area (Å²) in [5.74, 6) is 0.432. The van der Waals surface area contributed by atoms with E-state index in [0.717, 1.165) is 38.5 Å². The molecule has 27 heavy (non-hydrogen) atoms. The summed E-state index contributed by atoms with van der Waals surface area (Å²) in [4.78, 5) is 23.9. The van der Waals surface area contributed by atoms with Crippen LogP contribution < -0.4 is 0 Å². The van der Waals surface area contributed by atoms with Gasteiger partial charge in [0, 0.05) is 6.42 Å². The van der Waals surface area contributed by atoms with E-state index in [2.05, 4.69) is 13.8 Å². The molecule has 3 nitrogen and oxygen atoms in total. The zero-order valence-electron chi connectivity index (χ0n) is 16.8. The van der Waals surface area contributed by atoms with E-state index in [1.807, 2.05) is 6.08 Å². The summed E-state index contributed by atoms with van der Waals surface area (Å²) in [5, 5.41) is 0. The van der Waals surface area contributed by atoms with Crippen LogP contribution in [-0.4, -0.2) is 18.4 Å². The highest BCUT2D eigenvalue weighted by Gasteiger charge is 2.58. The number of carbonyl (C=O) groups excluding carboxylic acids is 2. The molecule has 0 aliphatic heterocycles. The molecule has 0 N–H and O–H groups in total. The number of carbonyl (C=O) groups is 2. The Kier molecular flexibility index (Phi) is 4.59. The van der Waals surface area contributed by atoms with Crippen LogP contribution in [-0.2, 0) is 14.3 Å². The monoisotopic (exact) mass is 374 g/mol. The Morgan fingerprint density at radius 2 is 1.85 bits per heavy atom. The first-order valence-corrected chi connectivity index (χ1v) is 10.6. The maximum absolute atomic E-state index is 14.9. The molecule has 4 aliphatic rings. The number of ketones is 1. The predicted octanol–water partition coefficient (Wildman–Crippen LogP) is 5.31. The molecule has 4 rings (SSSR count). The highest BCUT2D eigenvalue weighted by molar-refractivity contribution is 5.91. The van der Waals surface area contributed by atoms with Gasteiger partial charge in [0.05, 0.1) is 6.61 Å². The van der Waals surface area contributed by atoms with Gasteiger partial charge >= 0.3 is 5.97 Å². The summed E-state index contributed by atoms with van der Waals surface area (Å²) < 4.78 is 19.8. The van der Waals surface area contributed by atoms with Crippen molar-refractivity contribution in [1.82, 2.24) is 0 Å². The van der Waals surface area contributed by atoms with Gasteiger partial charge in [-0.3, -0.25) is 4.79 Å². The highest BCUT2D eigenvalue weighted by atomic mass is 19.1. The van der Waals surface area contributed by atoms with Crippen molar-refractivity contribution in [3.63, 3.8) is 0 Å². The number of halogens is 1. The lowest BCUT2D eigenvalue weighted by molar-refractivity contribution is -0.140. The van der Waals surface area contributed by atoms with Crippen LogP contribution in [0.1, 0.15) is 72.1 Å². The molecule has 0 saturated heterocycles. The summed E-state index contributed by atoms with van der Waals surface area (Å²) in [6, 6.07) is 0. The average molecular weight is 374 g/mol. The van der Waals surface area contributed by atoms with Crippen molar-refractivity contribution in [3.05, 3.63) is 23.0 Å². The largest absolute Gasteiger partial charge is 0.461 e. The van der Waals surface area contributed by atoms with Crippen molar-refractivity contribution in [1.29, 1.82) is 0 Å². The molecule has 0 aromatic heterocycles. The van der Waals surface area contributed by atoms with E-state index in [9.17, 15) is 14.0 Å². The zero-order valence-corrected chi connectivity index (χ0v) is 16.8. The van der Waals surface area contributed by atoms with E-state index < -0.39 is 11.8 Å². The minimum Gasteiger partial charge on any atom is -0.461 e. The second kappa shape index (κ2) is 6.56. The summed E-state index contributed by atoms with van der Waals surface area (Å²) in [6.07, 6.45) is 9.26. The van der Waals surface area contributed by atoms with Crippen molar-refractivity contribution in [3.8, 4) is 0 Å². The van der Waals surface area contributed by atoms with Crippen LogP contribution in [0.3, 0.4) is 0 Å². The Bertz CT molecular complexity index is 736. The molecule has 0 heterocycles. The lowest BCUT2D eigenvalue weighted by atomic mass is 9.47. The molecule has 0 aromatic rings. The van der Waals surface area contributed by atoms with Gasteiger partial charge in [0.15, 0.2) is 5.78 Å². The fourth-order valence-electron chi connectivity index (χ4n) is 7.05. The number of fused-ring (bicyclic) bond motifs is 5. The summed E-state index contributed by atoms with van der Waals surface area (Å²) in [5.41, 5.74) is 1.97. The zero-order chi connectivity index (χ0) is 19.4. The molecule has 4 heteroatoms. The third-order valence-electron chi connectivity index (χ3n) is 8.47. The molecular formula is C23H31FO3. The first-order chi connectivity index (χ1) is 12.8. The smallest absolute Gasteiger partial charge is 0.367 e. The Labute approximate surface area is 161 Å². The van der Waals surface area contributed by atoms with Gasteiger partial charge in [0.2, 0.25) is 5.83 Å². The van der Waals surface area contributed by atoms with E-state index in [0.29, 0.717) is 36.2 Å². The standard InChI is InChI=1S/C23H31FO3/c1-4-27-21(26)20(24)19-8-7-17-16-6-5-14-13-15(25)9-11-22(14,2)18(16)10-12-23(17,19)3/h13,16-18H,4-12H2,1-3H3/t16-,17-,18-,22-,23-/m0/s1. The molecule has 0 spiro atoms. The fraction of sp³-hybridized carbons (Fsp3) is 0.739. The maximum Gasteiger partial charge on any atom is 0.367 e. The number of hydrogen-bond acceptors (Lipinski definition) is 3. The van der Waals surface area contributed by atoms with Gasteiger partial charge in [-0.15, -0.1) is 0 Å². The molecule has 4 aliphatic carbocycles. The van der Waals surface area contributed by atoms with E-state index in [4.69, 9.17) is 4.74 Å². The van der Waals surface area contributed by atoms with Gasteiger partial charge in [0.25, 0.3) is 0 Å². The van der Waals surface area contributed by atoms with Crippen molar-refractivity contribution < 1.29 is 18.7 Å². The van der Waals surface area contributed by atoms with Crippen LogP contribution in [0, 0.1) is 28.6 Å². The van der Waals surface area contributed by atoms with Crippen LogP contribution >= 0.6 is 0 Å². The van der Waals surface area contributed by atoms with E-state index >= 15 is 0 Å². The Morgan fingerprint density at radius 3 is 2.59 bits per heavy atom. The third-order valence-corrected chi connectivity index (χ3v) is 8.47. The van der Waals surface area contributed by atoms with Gasteiger partial charge < -0.3 is 4.74 Å². The lowest BCUT2D eigenvalue weighted by Crippen LogP contribution is -2.49. The quantitative estimate of drug-likeness (QED) is 0.486. The lowest BCUT2D eigenvalue weighted by Gasteiger charge is -2.57. The van der Waals surface area contributed by atoms with E-state index in [-0.39, 0.29) is 23.2 Å². The van der Waals surface area contributed by atoms with Crippen LogP contribution in [0.15, 0.2) is 23.0 Å². The molecule has 0 aromatic carbocycles. The molecule has 0 unspecified atom stereocenters. The van der Waals surface area contributed by atoms with Crippen molar-refractivity contribution in [2.45, 2.75) is 72.1 Å². The van der Waals surface area contributed by atoms with Crippen LogP contribution in [0.5, 0.6) is 0 Å². The Morgan fingerprint density at radius 1 is 1.11 bits per heavy atom. The normalized spacial score (nSPS) is 42.6. The van der Waals surface area contributed by atoms with Crippen molar-refractivity contribution in [2.75, 3.05) is 6.61 Å². The van der Waals surface area contributed by atoms with Gasteiger partial charge in [-0.1, -0.05) is 19.4 Å². The maximum atomic E-state index is 14.9. The van der Waals surface area contributed by atoms with Gasteiger partial charge in [0.1, 0.15) is 0 Å². The van der Waals surface area contributed by atoms with Crippen molar-refractivity contribution >= 4 is 11.8 Å².